The Balaban J connectivity index is 0.00000192. The van der Waals surface area contributed by atoms with Crippen LogP contribution in [-0.2, 0) is 0 Å². The maximum absolute atomic E-state index is 12.8. The second-order valence-electron chi connectivity index (χ2n) is 6.71. The van der Waals surface area contributed by atoms with E-state index in [4.69, 9.17) is 0 Å². The summed E-state index contributed by atoms with van der Waals surface area (Å²) in [4.78, 5) is 17.5. The average molecular weight is 337 g/mol. The van der Waals surface area contributed by atoms with Crippen molar-refractivity contribution in [2.75, 3.05) is 26.2 Å². The van der Waals surface area contributed by atoms with Gasteiger partial charge in [0.15, 0.2) is 0 Å². The predicted molar refractivity (Wildman–Crippen MR) is 97.3 cm³/mol. The van der Waals surface area contributed by atoms with Crippen LogP contribution in [0.2, 0.25) is 0 Å². The molecule has 1 aromatic rings. The monoisotopic (exact) mass is 336 g/mol. The normalized spacial score (nSPS) is 22.4. The van der Waals surface area contributed by atoms with Crippen molar-refractivity contribution in [3.8, 4) is 0 Å². The van der Waals surface area contributed by atoms with Crippen LogP contribution < -0.4 is 0 Å². The van der Waals surface area contributed by atoms with Gasteiger partial charge in [0.1, 0.15) is 0 Å². The van der Waals surface area contributed by atoms with E-state index >= 15 is 0 Å². The molecule has 1 unspecified atom stereocenters. The third kappa shape index (κ3) is 4.95. The topological polar surface area (TPSA) is 23.6 Å². The summed E-state index contributed by atoms with van der Waals surface area (Å²) in [5.41, 5.74) is 0.840. The number of piperidine rings is 2. The van der Waals surface area contributed by atoms with Crippen LogP contribution in [0.3, 0.4) is 0 Å². The molecule has 2 fully saturated rings. The highest BCUT2D eigenvalue weighted by Gasteiger charge is 2.27. The number of hydrogen-bond acceptors (Lipinski definition) is 2. The van der Waals surface area contributed by atoms with Gasteiger partial charge in [-0.25, -0.2) is 0 Å². The highest BCUT2D eigenvalue weighted by Crippen LogP contribution is 2.23. The first-order valence-corrected chi connectivity index (χ1v) is 8.93. The van der Waals surface area contributed by atoms with Crippen molar-refractivity contribution in [2.24, 2.45) is 0 Å². The molecule has 0 radical (unpaired) electrons. The first-order valence-electron chi connectivity index (χ1n) is 8.93. The van der Waals surface area contributed by atoms with Crippen molar-refractivity contribution in [1.29, 1.82) is 0 Å². The zero-order valence-electron chi connectivity index (χ0n) is 14.0. The molecule has 2 heterocycles. The molecule has 128 valence electrons. The van der Waals surface area contributed by atoms with Crippen molar-refractivity contribution in [1.82, 2.24) is 9.80 Å². The van der Waals surface area contributed by atoms with Gasteiger partial charge in [-0.3, -0.25) is 4.79 Å². The number of likely N-dealkylation sites (tertiary alicyclic amines) is 2. The lowest BCUT2D eigenvalue weighted by Crippen LogP contribution is -2.45. The highest BCUT2D eigenvalue weighted by molar-refractivity contribution is 5.94. The van der Waals surface area contributed by atoms with Crippen molar-refractivity contribution < 1.29 is 4.79 Å². The van der Waals surface area contributed by atoms with Crippen LogP contribution in [0.1, 0.15) is 55.3 Å². The molecule has 0 spiro atoms. The Morgan fingerprint density at radius 1 is 0.957 bits per heavy atom. The van der Waals surface area contributed by atoms with Gasteiger partial charge in [0.05, 0.1) is 0 Å². The number of nitrogens with zero attached hydrogens (tertiary/aromatic N) is 2. The molecular formula is C19H29ClN2O. The van der Waals surface area contributed by atoms with Gasteiger partial charge in [0, 0.05) is 24.7 Å². The fraction of sp³-hybridized carbons (Fsp3) is 0.632. The molecule has 2 aliphatic rings. The van der Waals surface area contributed by atoms with Crippen LogP contribution in [0.15, 0.2) is 30.3 Å². The van der Waals surface area contributed by atoms with Crippen LogP contribution in [0.25, 0.3) is 0 Å². The second kappa shape index (κ2) is 9.29. The number of halogens is 1. The minimum atomic E-state index is 0. The van der Waals surface area contributed by atoms with Gasteiger partial charge < -0.3 is 9.80 Å². The van der Waals surface area contributed by atoms with Crippen LogP contribution in [0.5, 0.6) is 0 Å². The van der Waals surface area contributed by atoms with Crippen LogP contribution >= 0.6 is 12.4 Å². The van der Waals surface area contributed by atoms with Crippen molar-refractivity contribution in [3.63, 3.8) is 0 Å². The zero-order valence-corrected chi connectivity index (χ0v) is 14.8. The number of amides is 1. The number of carbonyl (C=O) groups excluding carboxylic acids is 1. The summed E-state index contributed by atoms with van der Waals surface area (Å²) in [5.74, 6) is 0.226. The van der Waals surface area contributed by atoms with Gasteiger partial charge in [0.25, 0.3) is 5.91 Å². The number of carbonyl (C=O) groups is 1. The smallest absolute Gasteiger partial charge is 0.254 e. The molecule has 0 saturated carbocycles. The fourth-order valence-electron chi connectivity index (χ4n) is 3.83. The maximum Gasteiger partial charge on any atom is 0.254 e. The fourth-order valence-corrected chi connectivity index (χ4v) is 3.83. The van der Waals surface area contributed by atoms with E-state index < -0.39 is 0 Å². The minimum absolute atomic E-state index is 0. The first-order chi connectivity index (χ1) is 10.8. The standard InChI is InChI=1S/C19H28N2O.ClH/c22-19(17-9-3-1-4-10-17)21-15-8-5-11-18(21)12-16-20-13-6-2-7-14-20;/h1,3-4,9-10,18H,2,5-8,11-16H2;1H. The van der Waals surface area contributed by atoms with E-state index in [9.17, 15) is 4.79 Å². The van der Waals surface area contributed by atoms with E-state index in [1.807, 2.05) is 30.3 Å². The molecule has 0 N–H and O–H groups in total. The largest absolute Gasteiger partial charge is 0.336 e. The Morgan fingerprint density at radius 2 is 1.65 bits per heavy atom. The maximum atomic E-state index is 12.8. The summed E-state index contributed by atoms with van der Waals surface area (Å²) < 4.78 is 0. The molecule has 1 amide bonds. The van der Waals surface area contributed by atoms with Gasteiger partial charge in [-0.1, -0.05) is 24.6 Å². The second-order valence-corrected chi connectivity index (χ2v) is 6.71. The lowest BCUT2D eigenvalue weighted by Gasteiger charge is -2.37. The lowest BCUT2D eigenvalue weighted by molar-refractivity contribution is 0.0579. The summed E-state index contributed by atoms with van der Waals surface area (Å²) in [5, 5.41) is 0. The predicted octanol–water partition coefficient (Wildman–Crippen LogP) is 3.98. The van der Waals surface area contributed by atoms with E-state index in [2.05, 4.69) is 9.80 Å². The number of rotatable bonds is 4. The third-order valence-electron chi connectivity index (χ3n) is 5.14. The summed E-state index contributed by atoms with van der Waals surface area (Å²) in [6.45, 7) is 4.58. The zero-order chi connectivity index (χ0) is 15.2. The average Bonchev–Trinajstić information content (AvgIpc) is 2.61. The van der Waals surface area contributed by atoms with E-state index in [-0.39, 0.29) is 18.3 Å². The van der Waals surface area contributed by atoms with Crippen molar-refractivity contribution >= 4 is 18.3 Å². The lowest BCUT2D eigenvalue weighted by atomic mass is 9.97. The third-order valence-corrected chi connectivity index (χ3v) is 5.14. The van der Waals surface area contributed by atoms with Gasteiger partial charge in [0.2, 0.25) is 0 Å². The Hall–Kier alpha value is -1.06. The molecule has 1 aromatic carbocycles. The Bertz CT molecular complexity index is 474. The SMILES string of the molecule is Cl.O=C(c1ccccc1)N1CCCCC1CCN1CCCCC1. The highest BCUT2D eigenvalue weighted by atomic mass is 35.5. The summed E-state index contributed by atoms with van der Waals surface area (Å²) in [6.07, 6.45) is 8.81. The molecule has 3 rings (SSSR count). The molecule has 0 bridgehead atoms. The number of hydrogen-bond donors (Lipinski definition) is 0. The summed E-state index contributed by atoms with van der Waals surface area (Å²) in [7, 11) is 0. The Kier molecular flexibility index (Phi) is 7.38. The first kappa shape index (κ1) is 18.3. The van der Waals surface area contributed by atoms with Gasteiger partial charge in [-0.05, 0) is 63.7 Å². The summed E-state index contributed by atoms with van der Waals surface area (Å²) in [6, 6.07) is 10.2. The van der Waals surface area contributed by atoms with Gasteiger partial charge in [-0.15, -0.1) is 12.4 Å². The van der Waals surface area contributed by atoms with Crippen LogP contribution in [0.4, 0.5) is 0 Å². The number of benzene rings is 1. The van der Waals surface area contributed by atoms with E-state index in [0.717, 1.165) is 31.5 Å². The quantitative estimate of drug-likeness (QED) is 0.830. The van der Waals surface area contributed by atoms with Crippen LogP contribution in [-0.4, -0.2) is 47.9 Å². The van der Waals surface area contributed by atoms with E-state index in [0.29, 0.717) is 6.04 Å². The van der Waals surface area contributed by atoms with Gasteiger partial charge in [-0.2, -0.15) is 0 Å². The van der Waals surface area contributed by atoms with Gasteiger partial charge >= 0.3 is 0 Å². The van der Waals surface area contributed by atoms with E-state index in [1.165, 1.54) is 45.2 Å². The van der Waals surface area contributed by atoms with E-state index in [1.54, 1.807) is 0 Å². The molecule has 1 atom stereocenters. The Morgan fingerprint density at radius 3 is 2.39 bits per heavy atom. The molecule has 3 nitrogen and oxygen atoms in total. The molecule has 23 heavy (non-hydrogen) atoms. The summed E-state index contributed by atoms with van der Waals surface area (Å²) >= 11 is 0. The minimum Gasteiger partial charge on any atom is -0.336 e. The Labute approximate surface area is 146 Å². The van der Waals surface area contributed by atoms with Crippen molar-refractivity contribution in [3.05, 3.63) is 35.9 Å². The van der Waals surface area contributed by atoms with Crippen LogP contribution in [0, 0.1) is 0 Å². The molecule has 0 aromatic heterocycles. The molecule has 0 aliphatic carbocycles. The molecule has 2 aliphatic heterocycles. The molecule has 2 saturated heterocycles. The molecular weight excluding hydrogens is 308 g/mol. The molecule has 4 heteroatoms. The van der Waals surface area contributed by atoms with Crippen molar-refractivity contribution in [2.45, 2.75) is 51.0 Å².